The van der Waals surface area contributed by atoms with Crippen molar-refractivity contribution in [3.63, 3.8) is 0 Å². The van der Waals surface area contributed by atoms with Crippen LogP contribution >= 0.6 is 11.3 Å². The maximum absolute atomic E-state index is 12.4. The van der Waals surface area contributed by atoms with E-state index in [0.29, 0.717) is 17.2 Å². The molecule has 0 radical (unpaired) electrons. The Balaban J connectivity index is 1.37. The van der Waals surface area contributed by atoms with Crippen molar-refractivity contribution >= 4 is 44.9 Å². The smallest absolute Gasteiger partial charge is 0.306 e. The highest BCUT2D eigenvalue weighted by atomic mass is 32.1. The number of benzene rings is 2. The second kappa shape index (κ2) is 9.92. The third-order valence-electron chi connectivity index (χ3n) is 5.49. The van der Waals surface area contributed by atoms with Gasteiger partial charge in [-0.1, -0.05) is 36.4 Å². The summed E-state index contributed by atoms with van der Waals surface area (Å²) < 4.78 is 5.41. The average Bonchev–Trinajstić information content (AvgIpc) is 3.27. The molecular formula is C26H25N3O3S. The van der Waals surface area contributed by atoms with E-state index in [1.165, 1.54) is 18.3 Å². The van der Waals surface area contributed by atoms with Crippen LogP contribution in [0.4, 0.5) is 10.8 Å². The van der Waals surface area contributed by atoms with Gasteiger partial charge in [0.15, 0.2) is 5.13 Å². The number of rotatable bonds is 7. The van der Waals surface area contributed by atoms with Crippen LogP contribution in [0.15, 0.2) is 60.0 Å². The molecule has 0 N–H and O–H groups in total. The van der Waals surface area contributed by atoms with Crippen molar-refractivity contribution in [2.45, 2.75) is 40.2 Å². The summed E-state index contributed by atoms with van der Waals surface area (Å²) in [5, 5.41) is 3.44. The van der Waals surface area contributed by atoms with Gasteiger partial charge in [-0.2, -0.15) is 0 Å². The summed E-state index contributed by atoms with van der Waals surface area (Å²) in [7, 11) is 0. The first-order valence-corrected chi connectivity index (χ1v) is 11.6. The van der Waals surface area contributed by atoms with Crippen LogP contribution in [0.3, 0.4) is 0 Å². The molecule has 2 heterocycles. The zero-order valence-corrected chi connectivity index (χ0v) is 19.7. The van der Waals surface area contributed by atoms with Crippen LogP contribution in [0.1, 0.15) is 35.9 Å². The predicted octanol–water partition coefficient (Wildman–Crippen LogP) is 5.67. The van der Waals surface area contributed by atoms with Gasteiger partial charge in [0.25, 0.3) is 0 Å². The van der Waals surface area contributed by atoms with Gasteiger partial charge in [0.1, 0.15) is 6.61 Å². The van der Waals surface area contributed by atoms with Crippen molar-refractivity contribution in [3.8, 4) is 0 Å². The van der Waals surface area contributed by atoms with Crippen LogP contribution in [-0.2, 0) is 27.4 Å². The SMILES string of the molecule is CC(=O)N(c1nc(COC(=O)CCc2ccc3ccccc3n2)cs1)c1cccc(C)c1C. The molecule has 0 aliphatic rings. The Hall–Kier alpha value is -3.58. The van der Waals surface area contributed by atoms with E-state index in [1.807, 2.05) is 73.8 Å². The van der Waals surface area contributed by atoms with E-state index >= 15 is 0 Å². The summed E-state index contributed by atoms with van der Waals surface area (Å²) >= 11 is 1.35. The molecule has 0 atom stereocenters. The van der Waals surface area contributed by atoms with Crippen molar-refractivity contribution < 1.29 is 14.3 Å². The molecule has 6 nitrogen and oxygen atoms in total. The Morgan fingerprint density at radius 3 is 2.61 bits per heavy atom. The number of nitrogens with zero attached hydrogens (tertiary/aromatic N) is 3. The molecular weight excluding hydrogens is 434 g/mol. The van der Waals surface area contributed by atoms with E-state index in [9.17, 15) is 9.59 Å². The average molecular weight is 460 g/mol. The molecule has 0 saturated carbocycles. The second-order valence-corrected chi connectivity index (χ2v) is 8.69. The fraction of sp³-hybridized carbons (Fsp3) is 0.231. The van der Waals surface area contributed by atoms with Gasteiger partial charge in [-0.15, -0.1) is 11.3 Å². The first-order chi connectivity index (χ1) is 15.9. The second-order valence-electron chi connectivity index (χ2n) is 7.85. The van der Waals surface area contributed by atoms with Crippen LogP contribution in [0.5, 0.6) is 0 Å². The Morgan fingerprint density at radius 1 is 0.970 bits per heavy atom. The number of amides is 1. The highest BCUT2D eigenvalue weighted by Gasteiger charge is 2.20. The number of thiazole rings is 1. The number of para-hydroxylation sites is 1. The first kappa shape index (κ1) is 22.6. The van der Waals surface area contributed by atoms with Crippen LogP contribution in [0, 0.1) is 13.8 Å². The van der Waals surface area contributed by atoms with Gasteiger partial charge in [0, 0.05) is 29.8 Å². The number of aromatic nitrogens is 2. The number of anilines is 2. The molecule has 1 amide bonds. The van der Waals surface area contributed by atoms with Crippen LogP contribution in [0.2, 0.25) is 0 Å². The van der Waals surface area contributed by atoms with Gasteiger partial charge in [-0.3, -0.25) is 19.5 Å². The Morgan fingerprint density at radius 2 is 1.79 bits per heavy atom. The van der Waals surface area contributed by atoms with Crippen molar-refractivity contribution in [2.75, 3.05) is 4.90 Å². The Kier molecular flexibility index (Phi) is 6.79. The molecule has 4 aromatic rings. The van der Waals surface area contributed by atoms with Crippen LogP contribution in [-0.4, -0.2) is 21.8 Å². The van der Waals surface area contributed by atoms with Crippen molar-refractivity contribution in [1.82, 2.24) is 9.97 Å². The maximum atomic E-state index is 12.4. The molecule has 0 spiro atoms. The molecule has 33 heavy (non-hydrogen) atoms. The third kappa shape index (κ3) is 5.26. The normalized spacial score (nSPS) is 10.9. The molecule has 7 heteroatoms. The number of esters is 1. The molecule has 0 aliphatic carbocycles. The van der Waals surface area contributed by atoms with Crippen LogP contribution < -0.4 is 4.90 Å². The van der Waals surface area contributed by atoms with Crippen molar-refractivity contribution in [1.29, 1.82) is 0 Å². The fourth-order valence-corrected chi connectivity index (χ4v) is 4.42. The molecule has 0 saturated heterocycles. The molecule has 0 aliphatic heterocycles. The summed E-state index contributed by atoms with van der Waals surface area (Å²) in [5.74, 6) is -0.429. The fourth-order valence-electron chi connectivity index (χ4n) is 3.55. The van der Waals surface area contributed by atoms with Gasteiger partial charge in [0.05, 0.1) is 23.3 Å². The number of carbonyl (C=O) groups is 2. The van der Waals surface area contributed by atoms with E-state index in [0.717, 1.165) is 33.4 Å². The molecule has 0 fully saturated rings. The van der Waals surface area contributed by atoms with E-state index < -0.39 is 0 Å². The van der Waals surface area contributed by atoms with Crippen molar-refractivity contribution in [2.24, 2.45) is 0 Å². The lowest BCUT2D eigenvalue weighted by molar-refractivity contribution is -0.145. The lowest BCUT2D eigenvalue weighted by Gasteiger charge is -2.21. The summed E-state index contributed by atoms with van der Waals surface area (Å²) in [6.07, 6.45) is 0.751. The number of carbonyl (C=O) groups excluding carboxylic acids is 2. The number of ether oxygens (including phenoxy) is 1. The van der Waals surface area contributed by atoms with E-state index in [2.05, 4.69) is 9.97 Å². The monoisotopic (exact) mass is 459 g/mol. The quantitative estimate of drug-likeness (QED) is 0.333. The van der Waals surface area contributed by atoms with E-state index in [1.54, 1.807) is 4.90 Å². The van der Waals surface area contributed by atoms with Gasteiger partial charge in [0.2, 0.25) is 5.91 Å². The minimum atomic E-state index is -0.308. The highest BCUT2D eigenvalue weighted by molar-refractivity contribution is 7.14. The lowest BCUT2D eigenvalue weighted by atomic mass is 10.1. The zero-order chi connectivity index (χ0) is 23.4. The summed E-state index contributed by atoms with van der Waals surface area (Å²) in [4.78, 5) is 35.4. The molecule has 0 unspecified atom stereocenters. The largest absolute Gasteiger partial charge is 0.459 e. The van der Waals surface area contributed by atoms with Crippen molar-refractivity contribution in [3.05, 3.63) is 82.5 Å². The lowest BCUT2D eigenvalue weighted by Crippen LogP contribution is -2.23. The number of hydrogen-bond donors (Lipinski definition) is 0. The van der Waals surface area contributed by atoms with Gasteiger partial charge < -0.3 is 4.74 Å². The van der Waals surface area contributed by atoms with Gasteiger partial charge >= 0.3 is 5.97 Å². The maximum Gasteiger partial charge on any atom is 0.306 e. The number of hydrogen-bond acceptors (Lipinski definition) is 6. The van der Waals surface area contributed by atoms with E-state index in [4.69, 9.17) is 4.74 Å². The zero-order valence-electron chi connectivity index (χ0n) is 18.9. The third-order valence-corrected chi connectivity index (χ3v) is 6.36. The summed E-state index contributed by atoms with van der Waals surface area (Å²) in [5.41, 5.74) is 5.32. The minimum Gasteiger partial charge on any atom is -0.459 e. The minimum absolute atomic E-state index is 0.0685. The number of pyridine rings is 1. The first-order valence-electron chi connectivity index (χ1n) is 10.7. The molecule has 168 valence electrons. The van der Waals surface area contributed by atoms with E-state index in [-0.39, 0.29) is 24.9 Å². The molecule has 2 aromatic heterocycles. The Bertz CT molecular complexity index is 1320. The van der Waals surface area contributed by atoms with Gasteiger partial charge in [-0.25, -0.2) is 4.98 Å². The standard InChI is InChI=1S/C26H25N3O3S/c1-17-7-6-10-24(18(17)2)29(19(3)30)26-28-22(16-33-26)15-32-25(31)14-13-21-12-11-20-8-4-5-9-23(20)27-21/h4-12,16H,13-15H2,1-3H3. The number of fused-ring (bicyclic) bond motifs is 1. The Labute approximate surface area is 196 Å². The molecule has 4 rings (SSSR count). The highest BCUT2D eigenvalue weighted by Crippen LogP contribution is 2.32. The summed E-state index contributed by atoms with van der Waals surface area (Å²) in [6.45, 7) is 5.58. The van der Waals surface area contributed by atoms with Gasteiger partial charge in [-0.05, 0) is 43.2 Å². The molecule has 2 aromatic carbocycles. The summed E-state index contributed by atoms with van der Waals surface area (Å²) in [6, 6.07) is 17.7. The predicted molar refractivity (Wildman–Crippen MR) is 131 cm³/mol. The molecule has 0 bridgehead atoms. The van der Waals surface area contributed by atoms with Crippen LogP contribution in [0.25, 0.3) is 10.9 Å². The number of aryl methyl sites for hydroxylation is 2. The topological polar surface area (TPSA) is 72.4 Å².